The van der Waals surface area contributed by atoms with E-state index >= 15 is 0 Å². The minimum Gasteiger partial charge on any atom is -0.383 e. The number of H-pyrrole nitrogens is 1. The summed E-state index contributed by atoms with van der Waals surface area (Å²) in [5, 5.41) is 0. The number of hydrogen-bond acceptors (Lipinski definition) is 6. The molecule has 0 saturated heterocycles. The van der Waals surface area contributed by atoms with E-state index in [-0.39, 0.29) is 43.0 Å². The molecule has 1 amide bonds. The second-order valence-electron chi connectivity index (χ2n) is 7.23. The quantitative estimate of drug-likeness (QED) is 0.643. The highest BCUT2D eigenvalue weighted by atomic mass is 16.5. The summed E-state index contributed by atoms with van der Waals surface area (Å²) in [4.78, 5) is 43.2. The minimum absolute atomic E-state index is 0.0237. The predicted octanol–water partition coefficient (Wildman–Crippen LogP) is 0.891. The Morgan fingerprint density at radius 3 is 2.48 bits per heavy atom. The van der Waals surface area contributed by atoms with Crippen molar-refractivity contribution in [1.82, 2.24) is 9.55 Å². The molecule has 1 heterocycles. The van der Waals surface area contributed by atoms with Crippen LogP contribution in [-0.2, 0) is 16.1 Å². The Bertz CT molecular complexity index is 936. The number of carbonyl (C=O) groups is 1. The third-order valence-electron chi connectivity index (χ3n) is 4.42. The molecule has 0 aliphatic rings. The predicted molar refractivity (Wildman–Crippen MR) is 115 cm³/mol. The van der Waals surface area contributed by atoms with Crippen molar-refractivity contribution in [3.05, 3.63) is 51.2 Å². The lowest BCUT2D eigenvalue weighted by Gasteiger charge is -2.27. The number of ether oxygens (including phenoxy) is 1. The second-order valence-corrected chi connectivity index (χ2v) is 7.23. The summed E-state index contributed by atoms with van der Waals surface area (Å²) in [7, 11) is 3.29. The van der Waals surface area contributed by atoms with Gasteiger partial charge in [0.25, 0.3) is 5.56 Å². The van der Waals surface area contributed by atoms with Gasteiger partial charge in [-0.15, -0.1) is 0 Å². The van der Waals surface area contributed by atoms with E-state index in [9.17, 15) is 14.4 Å². The Morgan fingerprint density at radius 2 is 1.90 bits per heavy atom. The van der Waals surface area contributed by atoms with E-state index in [4.69, 9.17) is 10.5 Å². The van der Waals surface area contributed by atoms with Crippen molar-refractivity contribution in [2.24, 2.45) is 5.92 Å². The van der Waals surface area contributed by atoms with Crippen LogP contribution in [0, 0.1) is 5.92 Å². The van der Waals surface area contributed by atoms with E-state index < -0.39 is 11.2 Å². The maximum Gasteiger partial charge on any atom is 0.330 e. The summed E-state index contributed by atoms with van der Waals surface area (Å²) in [6, 6.07) is 9.42. The monoisotopic (exact) mass is 403 g/mol. The summed E-state index contributed by atoms with van der Waals surface area (Å²) in [5.41, 5.74) is 5.72. The highest BCUT2D eigenvalue weighted by molar-refractivity contribution is 5.98. The van der Waals surface area contributed by atoms with Gasteiger partial charge < -0.3 is 20.3 Å². The number of nitrogens with zero attached hydrogens (tertiary/aromatic N) is 3. The van der Waals surface area contributed by atoms with Crippen molar-refractivity contribution >= 4 is 23.1 Å². The van der Waals surface area contributed by atoms with Gasteiger partial charge in [0.2, 0.25) is 5.91 Å². The number of anilines is 3. The molecule has 1 aromatic heterocycles. The molecular formula is C20H29N5O4. The number of carbonyl (C=O) groups excluding carboxylic acids is 1. The van der Waals surface area contributed by atoms with Crippen molar-refractivity contribution in [3.63, 3.8) is 0 Å². The Hall–Kier alpha value is -3.07. The lowest BCUT2D eigenvalue weighted by molar-refractivity contribution is -0.117. The summed E-state index contributed by atoms with van der Waals surface area (Å²) in [6.45, 7) is 4.55. The summed E-state index contributed by atoms with van der Waals surface area (Å²) >= 11 is 0. The number of benzene rings is 1. The fourth-order valence-corrected chi connectivity index (χ4v) is 2.99. The summed E-state index contributed by atoms with van der Waals surface area (Å²) < 4.78 is 6.39. The first kappa shape index (κ1) is 22.2. The lowest BCUT2D eigenvalue weighted by Crippen LogP contribution is -2.46. The molecule has 0 bridgehead atoms. The van der Waals surface area contributed by atoms with Crippen LogP contribution in [0.2, 0.25) is 0 Å². The van der Waals surface area contributed by atoms with Crippen LogP contribution in [0.25, 0.3) is 0 Å². The topological polar surface area (TPSA) is 114 Å². The average molecular weight is 403 g/mol. The van der Waals surface area contributed by atoms with Crippen LogP contribution < -0.4 is 26.8 Å². The molecule has 0 unspecified atom stereocenters. The number of methoxy groups -OCH3 is 1. The maximum absolute atomic E-state index is 13.1. The molecule has 0 fully saturated rings. The lowest BCUT2D eigenvalue weighted by atomic mass is 10.2. The zero-order valence-corrected chi connectivity index (χ0v) is 17.3. The third-order valence-corrected chi connectivity index (χ3v) is 4.42. The maximum atomic E-state index is 13.1. The van der Waals surface area contributed by atoms with Gasteiger partial charge in [0, 0.05) is 32.9 Å². The van der Waals surface area contributed by atoms with E-state index in [2.05, 4.69) is 4.98 Å². The van der Waals surface area contributed by atoms with Gasteiger partial charge in [-0.2, -0.15) is 0 Å². The van der Waals surface area contributed by atoms with Crippen molar-refractivity contribution in [3.8, 4) is 0 Å². The Balaban J connectivity index is 2.42. The molecule has 0 radical (unpaired) electrons. The molecule has 0 saturated carbocycles. The van der Waals surface area contributed by atoms with Gasteiger partial charge in [0.05, 0.1) is 13.2 Å². The van der Waals surface area contributed by atoms with Gasteiger partial charge in [-0.25, -0.2) is 4.79 Å². The van der Waals surface area contributed by atoms with Gasteiger partial charge in [-0.05, 0) is 18.1 Å². The molecule has 0 atom stereocenters. The number of nitrogen functional groups attached to an aromatic ring is 1. The minimum atomic E-state index is -0.695. The molecule has 158 valence electrons. The molecule has 3 N–H and O–H groups in total. The first-order valence-corrected chi connectivity index (χ1v) is 9.44. The normalized spacial score (nSPS) is 10.9. The molecule has 0 aliphatic carbocycles. The molecular weight excluding hydrogens is 374 g/mol. The number of nitrogens with two attached hydrogens (primary N) is 1. The summed E-state index contributed by atoms with van der Waals surface area (Å²) in [5.74, 6) is -0.235. The van der Waals surface area contributed by atoms with E-state index in [0.29, 0.717) is 6.54 Å². The van der Waals surface area contributed by atoms with Gasteiger partial charge >= 0.3 is 5.69 Å². The largest absolute Gasteiger partial charge is 0.383 e. The van der Waals surface area contributed by atoms with Crippen LogP contribution in [0.4, 0.5) is 17.2 Å². The highest BCUT2D eigenvalue weighted by Crippen LogP contribution is 2.19. The van der Waals surface area contributed by atoms with E-state index in [1.807, 2.05) is 44.2 Å². The van der Waals surface area contributed by atoms with Gasteiger partial charge in [0.15, 0.2) is 5.69 Å². The standard InChI is InChI=1S/C20H29N5O4/c1-14(2)12-25-18(21)17(19(27)22-20(25)28)24(10-11-29-4)16(26)13-23(3)15-8-6-5-7-9-15/h5-9,14H,10-13,21H2,1-4H3,(H,22,27,28). The second kappa shape index (κ2) is 9.92. The first-order valence-electron chi connectivity index (χ1n) is 9.44. The number of rotatable bonds is 9. The Morgan fingerprint density at radius 1 is 1.24 bits per heavy atom. The number of hydrogen-bond donors (Lipinski definition) is 2. The van der Waals surface area contributed by atoms with Crippen LogP contribution in [-0.4, -0.2) is 49.3 Å². The molecule has 9 nitrogen and oxygen atoms in total. The van der Waals surface area contributed by atoms with Gasteiger partial charge in [-0.3, -0.25) is 19.1 Å². The van der Waals surface area contributed by atoms with Crippen molar-refractivity contribution in [2.75, 3.05) is 49.4 Å². The van der Waals surface area contributed by atoms with Crippen LogP contribution in [0.1, 0.15) is 13.8 Å². The molecule has 0 spiro atoms. The molecule has 9 heteroatoms. The fourth-order valence-electron chi connectivity index (χ4n) is 2.99. The molecule has 1 aromatic carbocycles. The Kier molecular flexibility index (Phi) is 7.60. The summed E-state index contributed by atoms with van der Waals surface area (Å²) in [6.07, 6.45) is 0. The molecule has 0 aliphatic heterocycles. The zero-order chi connectivity index (χ0) is 21.6. The SMILES string of the molecule is COCCN(C(=O)CN(C)c1ccccc1)c1c(N)n(CC(C)C)c(=O)[nH]c1=O. The molecule has 2 rings (SSSR count). The van der Waals surface area contributed by atoms with Crippen LogP contribution in [0.3, 0.4) is 0 Å². The number of aromatic nitrogens is 2. The number of nitrogens with one attached hydrogen (secondary N) is 1. The number of likely N-dealkylation sites (N-methyl/N-ethyl adjacent to an activating group) is 1. The number of aromatic amines is 1. The molecule has 29 heavy (non-hydrogen) atoms. The highest BCUT2D eigenvalue weighted by Gasteiger charge is 2.25. The number of amides is 1. The van der Waals surface area contributed by atoms with Crippen LogP contribution >= 0.6 is 0 Å². The fraction of sp³-hybridized carbons (Fsp3) is 0.450. The smallest absolute Gasteiger partial charge is 0.330 e. The van der Waals surface area contributed by atoms with Crippen molar-refractivity contribution in [1.29, 1.82) is 0 Å². The molecule has 2 aromatic rings. The number of para-hydroxylation sites is 1. The van der Waals surface area contributed by atoms with Crippen LogP contribution in [0.15, 0.2) is 39.9 Å². The van der Waals surface area contributed by atoms with E-state index in [1.165, 1.54) is 16.6 Å². The zero-order valence-electron chi connectivity index (χ0n) is 17.3. The van der Waals surface area contributed by atoms with Crippen LogP contribution in [0.5, 0.6) is 0 Å². The third kappa shape index (κ3) is 5.47. The van der Waals surface area contributed by atoms with Gasteiger partial charge in [0.1, 0.15) is 5.82 Å². The van der Waals surface area contributed by atoms with E-state index in [0.717, 1.165) is 5.69 Å². The van der Waals surface area contributed by atoms with Crippen molar-refractivity contribution < 1.29 is 9.53 Å². The average Bonchev–Trinajstić information content (AvgIpc) is 2.67. The first-order chi connectivity index (χ1) is 13.8. The van der Waals surface area contributed by atoms with E-state index in [1.54, 1.807) is 11.9 Å². The Labute approximate surface area is 169 Å². The van der Waals surface area contributed by atoms with Gasteiger partial charge in [-0.1, -0.05) is 32.0 Å². The van der Waals surface area contributed by atoms with Crippen molar-refractivity contribution in [2.45, 2.75) is 20.4 Å².